The van der Waals surface area contributed by atoms with Crippen molar-refractivity contribution >= 4 is 27.4 Å². The van der Waals surface area contributed by atoms with Gasteiger partial charge in [-0.3, -0.25) is 9.78 Å². The Labute approximate surface area is 212 Å². The Kier molecular flexibility index (Phi) is 6.59. The maximum Gasteiger partial charge on any atom is 0.250 e. The number of aromatic amines is 1. The molecule has 1 fully saturated rings. The third-order valence-corrected chi connectivity index (χ3v) is 6.92. The minimum Gasteiger partial charge on any atom is -0.468 e. The van der Waals surface area contributed by atoms with Crippen LogP contribution in [0.3, 0.4) is 0 Å². The number of ether oxygens (including phenoxy) is 2. The predicted octanol–water partition coefficient (Wildman–Crippen LogP) is 4.92. The van der Waals surface area contributed by atoms with Crippen LogP contribution in [-0.2, 0) is 11.2 Å². The van der Waals surface area contributed by atoms with E-state index in [0.717, 1.165) is 6.42 Å². The van der Waals surface area contributed by atoms with Crippen molar-refractivity contribution in [3.8, 4) is 17.0 Å². The van der Waals surface area contributed by atoms with Gasteiger partial charge in [0, 0.05) is 43.4 Å². The molecule has 194 valence electrons. The molecule has 2 aromatic heterocycles. The molecule has 4 aromatic rings. The Morgan fingerprint density at radius 3 is 2.78 bits per heavy atom. The number of H-pyrrole nitrogens is 1. The Morgan fingerprint density at radius 2 is 2.05 bits per heavy atom. The number of hydrogen-bond acceptors (Lipinski definition) is 6. The first-order chi connectivity index (χ1) is 17.7. The molecular weight excluding hydrogens is 480 g/mol. The molecule has 0 radical (unpaired) electrons. The van der Waals surface area contributed by atoms with Crippen molar-refractivity contribution in [2.24, 2.45) is 0 Å². The Morgan fingerprint density at radius 1 is 1.24 bits per heavy atom. The number of piperidine rings is 1. The van der Waals surface area contributed by atoms with Crippen molar-refractivity contribution in [3.63, 3.8) is 0 Å². The number of pyridine rings is 2. The van der Waals surface area contributed by atoms with Gasteiger partial charge >= 0.3 is 0 Å². The molecule has 3 heterocycles. The normalized spacial score (nSPS) is 18.1. The van der Waals surface area contributed by atoms with Gasteiger partial charge in [-0.1, -0.05) is 13.0 Å². The van der Waals surface area contributed by atoms with E-state index in [-0.39, 0.29) is 18.0 Å². The first kappa shape index (κ1) is 25.1. The topological polar surface area (TPSA) is 87.7 Å². The van der Waals surface area contributed by atoms with Gasteiger partial charge in [0.2, 0.25) is 0 Å². The van der Waals surface area contributed by atoms with Crippen LogP contribution in [0.2, 0.25) is 0 Å². The number of β-amino-alcohol motifs (C(OH)–C–C–N with tert-alkyl or cyclic N) is 1. The summed E-state index contributed by atoms with van der Waals surface area (Å²) in [6, 6.07) is 7.77. The molecule has 2 N–H and O–H groups in total. The Balaban J connectivity index is 1.75. The van der Waals surface area contributed by atoms with Crippen LogP contribution in [0.15, 0.2) is 41.3 Å². The summed E-state index contributed by atoms with van der Waals surface area (Å²) >= 11 is 0. The third-order valence-electron chi connectivity index (χ3n) is 6.92. The number of aryl methyl sites for hydroxylation is 1. The summed E-state index contributed by atoms with van der Waals surface area (Å²) in [6.07, 6.45) is 3.29. The molecule has 0 spiro atoms. The van der Waals surface area contributed by atoms with E-state index in [2.05, 4.69) is 9.97 Å². The fraction of sp³-hybridized carbons (Fsp3) is 0.357. The predicted molar refractivity (Wildman–Crippen MR) is 139 cm³/mol. The maximum atomic E-state index is 16.2. The molecule has 1 aliphatic heterocycles. The highest BCUT2D eigenvalue weighted by molar-refractivity contribution is 6.02. The SMILES string of the molecule is CCc1c(F)ccc2cc(OCOC)cc(-c3ncc4c(N5CCC[C@@](C)(O)C5)cc(=O)[nH]c4c3F)c12. The second-order valence-electron chi connectivity index (χ2n) is 9.75. The first-order valence-corrected chi connectivity index (χ1v) is 12.3. The number of hydrogen-bond donors (Lipinski definition) is 2. The average molecular weight is 510 g/mol. The summed E-state index contributed by atoms with van der Waals surface area (Å²) in [7, 11) is 1.49. The lowest BCUT2D eigenvalue weighted by atomic mass is 9.93. The van der Waals surface area contributed by atoms with Gasteiger partial charge in [-0.05, 0) is 60.7 Å². The van der Waals surface area contributed by atoms with Crippen molar-refractivity contribution in [2.45, 2.75) is 38.7 Å². The fourth-order valence-electron chi connectivity index (χ4n) is 5.27. The molecule has 2 aromatic carbocycles. The second kappa shape index (κ2) is 9.72. The zero-order valence-electron chi connectivity index (χ0n) is 21.0. The summed E-state index contributed by atoms with van der Waals surface area (Å²) < 4.78 is 41.7. The number of halogens is 2. The standard InChI is InChI=1S/C28H29F2N3O4/c1-4-18-21(29)7-6-16-10-17(37-15-36-3)11-19(24(16)18)26-25(30)27-20(13-31-26)22(12-23(34)32-27)33-9-5-8-28(2,35)14-33/h6-7,10-13,35H,4-5,8-9,14-15H2,1-3H3,(H,32,34)/t28-/m1/s1. The molecule has 1 saturated heterocycles. The minimum absolute atomic E-state index is 0.00327. The van der Waals surface area contributed by atoms with Crippen molar-refractivity contribution in [3.05, 3.63) is 64.1 Å². The quantitative estimate of drug-likeness (QED) is 0.359. The van der Waals surface area contributed by atoms with Crippen LogP contribution < -0.4 is 15.2 Å². The zero-order chi connectivity index (χ0) is 26.3. The molecule has 7 nitrogen and oxygen atoms in total. The molecule has 0 unspecified atom stereocenters. The van der Waals surface area contributed by atoms with E-state index in [4.69, 9.17) is 9.47 Å². The molecule has 1 atom stereocenters. The lowest BCUT2D eigenvalue weighted by Crippen LogP contribution is -2.46. The summed E-state index contributed by atoms with van der Waals surface area (Å²) in [4.78, 5) is 21.6. The highest BCUT2D eigenvalue weighted by atomic mass is 19.1. The lowest BCUT2D eigenvalue weighted by molar-refractivity contribution is 0.0450. The van der Waals surface area contributed by atoms with E-state index >= 15 is 4.39 Å². The number of methoxy groups -OCH3 is 1. The molecule has 0 bridgehead atoms. The summed E-state index contributed by atoms with van der Waals surface area (Å²) in [5.74, 6) is -0.704. The van der Waals surface area contributed by atoms with Gasteiger partial charge in [0.15, 0.2) is 12.6 Å². The summed E-state index contributed by atoms with van der Waals surface area (Å²) in [6.45, 7) is 4.51. The fourth-order valence-corrected chi connectivity index (χ4v) is 5.27. The van der Waals surface area contributed by atoms with E-state index in [0.29, 0.717) is 64.7 Å². The highest BCUT2D eigenvalue weighted by Crippen LogP contribution is 2.39. The second-order valence-corrected chi connectivity index (χ2v) is 9.75. The van der Waals surface area contributed by atoms with E-state index in [1.54, 1.807) is 25.1 Å². The van der Waals surface area contributed by atoms with Gasteiger partial charge in [-0.15, -0.1) is 0 Å². The Hall–Kier alpha value is -3.56. The third kappa shape index (κ3) is 4.65. The zero-order valence-corrected chi connectivity index (χ0v) is 21.0. The van der Waals surface area contributed by atoms with Gasteiger partial charge in [-0.25, -0.2) is 8.78 Å². The van der Waals surface area contributed by atoms with Crippen molar-refractivity contribution in [2.75, 3.05) is 31.9 Å². The Bertz CT molecular complexity index is 1550. The number of fused-ring (bicyclic) bond motifs is 2. The average Bonchev–Trinajstić information content (AvgIpc) is 2.86. The molecule has 37 heavy (non-hydrogen) atoms. The molecule has 1 aliphatic rings. The number of nitrogens with zero attached hydrogens (tertiary/aromatic N) is 2. The van der Waals surface area contributed by atoms with Crippen LogP contribution in [0, 0.1) is 11.6 Å². The molecule has 9 heteroatoms. The highest BCUT2D eigenvalue weighted by Gasteiger charge is 2.30. The van der Waals surface area contributed by atoms with E-state index in [1.165, 1.54) is 25.4 Å². The van der Waals surface area contributed by atoms with Crippen LogP contribution in [0.25, 0.3) is 32.9 Å². The number of anilines is 1. The first-order valence-electron chi connectivity index (χ1n) is 12.3. The van der Waals surface area contributed by atoms with Crippen molar-refractivity contribution in [1.82, 2.24) is 9.97 Å². The van der Waals surface area contributed by atoms with Crippen LogP contribution in [0.5, 0.6) is 5.75 Å². The maximum absolute atomic E-state index is 16.2. The van der Waals surface area contributed by atoms with E-state index in [1.807, 2.05) is 11.8 Å². The number of rotatable bonds is 6. The molecule has 0 saturated carbocycles. The minimum atomic E-state index is -0.915. The van der Waals surface area contributed by atoms with E-state index in [9.17, 15) is 14.3 Å². The van der Waals surface area contributed by atoms with Crippen LogP contribution in [0.1, 0.15) is 32.3 Å². The van der Waals surface area contributed by atoms with Gasteiger partial charge < -0.3 is 24.5 Å². The monoisotopic (exact) mass is 509 g/mol. The summed E-state index contributed by atoms with van der Waals surface area (Å²) in [5, 5.41) is 12.2. The molecule has 0 aliphatic carbocycles. The van der Waals surface area contributed by atoms with Crippen LogP contribution in [-0.4, -0.2) is 47.7 Å². The van der Waals surface area contributed by atoms with E-state index < -0.39 is 22.8 Å². The number of benzene rings is 2. The number of nitrogens with one attached hydrogen (secondary N) is 1. The van der Waals surface area contributed by atoms with Crippen LogP contribution in [0.4, 0.5) is 14.5 Å². The van der Waals surface area contributed by atoms with Gasteiger partial charge in [0.05, 0.1) is 16.8 Å². The smallest absolute Gasteiger partial charge is 0.250 e. The van der Waals surface area contributed by atoms with Crippen molar-refractivity contribution < 1.29 is 23.4 Å². The number of aromatic nitrogens is 2. The lowest BCUT2D eigenvalue weighted by Gasteiger charge is -2.38. The van der Waals surface area contributed by atoms with Gasteiger partial charge in [0.1, 0.15) is 17.3 Å². The van der Waals surface area contributed by atoms with Gasteiger partial charge in [0.25, 0.3) is 5.56 Å². The van der Waals surface area contributed by atoms with Crippen LogP contribution >= 0.6 is 0 Å². The molecule has 5 rings (SSSR count). The molecule has 0 amide bonds. The van der Waals surface area contributed by atoms with Gasteiger partial charge in [-0.2, -0.15) is 0 Å². The summed E-state index contributed by atoms with van der Waals surface area (Å²) in [5.41, 5.74) is -0.106. The number of aliphatic hydroxyl groups is 1. The van der Waals surface area contributed by atoms with Crippen molar-refractivity contribution in [1.29, 1.82) is 0 Å². The largest absolute Gasteiger partial charge is 0.468 e. The molecular formula is C28H29F2N3O4.